The van der Waals surface area contributed by atoms with E-state index < -0.39 is 9.84 Å². The highest BCUT2D eigenvalue weighted by Crippen LogP contribution is 2.33. The quantitative estimate of drug-likeness (QED) is 0.659. The summed E-state index contributed by atoms with van der Waals surface area (Å²) >= 11 is 0. The van der Waals surface area contributed by atoms with E-state index >= 15 is 0 Å². The van der Waals surface area contributed by atoms with Crippen molar-refractivity contribution >= 4 is 9.84 Å². The van der Waals surface area contributed by atoms with Crippen LogP contribution in [0.4, 0.5) is 0 Å². The number of rotatable bonds is 8. The van der Waals surface area contributed by atoms with Gasteiger partial charge in [-0.05, 0) is 50.4 Å². The predicted molar refractivity (Wildman–Crippen MR) is 109 cm³/mol. The molecule has 28 heavy (non-hydrogen) atoms. The molecule has 0 radical (unpaired) electrons. The van der Waals surface area contributed by atoms with Gasteiger partial charge in [0, 0.05) is 33.3 Å². The lowest BCUT2D eigenvalue weighted by atomic mass is 9.89. The number of imidazole rings is 1. The third-order valence-corrected chi connectivity index (χ3v) is 8.54. The summed E-state index contributed by atoms with van der Waals surface area (Å²) in [6.07, 6.45) is 12.6. The van der Waals surface area contributed by atoms with Crippen LogP contribution in [0.3, 0.4) is 0 Å². The van der Waals surface area contributed by atoms with Gasteiger partial charge >= 0.3 is 0 Å². The van der Waals surface area contributed by atoms with Crippen molar-refractivity contribution in [2.75, 3.05) is 26.0 Å². The van der Waals surface area contributed by atoms with Crippen LogP contribution in [-0.4, -0.2) is 54.9 Å². The second-order valence-electron chi connectivity index (χ2n) is 9.08. The van der Waals surface area contributed by atoms with Gasteiger partial charge in [-0.25, -0.2) is 13.4 Å². The molecule has 0 amide bonds. The molecule has 1 aromatic heterocycles. The zero-order valence-electron chi connectivity index (χ0n) is 17.2. The summed E-state index contributed by atoms with van der Waals surface area (Å²) in [7, 11) is -1.51. The topological polar surface area (TPSA) is 64.4 Å². The molecule has 0 spiro atoms. The molecule has 0 atom stereocenters. The first kappa shape index (κ1) is 20.4. The van der Waals surface area contributed by atoms with Crippen LogP contribution in [0, 0.1) is 11.8 Å². The van der Waals surface area contributed by atoms with Crippen LogP contribution in [0.2, 0.25) is 0 Å². The Morgan fingerprint density at radius 3 is 2.39 bits per heavy atom. The van der Waals surface area contributed by atoms with Crippen molar-refractivity contribution in [2.24, 2.45) is 11.8 Å². The molecule has 158 valence electrons. The van der Waals surface area contributed by atoms with E-state index in [1.54, 1.807) is 7.11 Å². The summed E-state index contributed by atoms with van der Waals surface area (Å²) in [6.45, 7) is 3.59. The summed E-state index contributed by atoms with van der Waals surface area (Å²) < 4.78 is 33.6. The zero-order chi connectivity index (χ0) is 19.6. The van der Waals surface area contributed by atoms with Crippen molar-refractivity contribution in [3.8, 4) is 0 Å². The van der Waals surface area contributed by atoms with Gasteiger partial charge in [0.05, 0.1) is 23.7 Å². The molecular weight excluding hydrogens is 374 g/mol. The lowest BCUT2D eigenvalue weighted by Crippen LogP contribution is -2.36. The predicted octanol–water partition coefficient (Wildman–Crippen LogP) is 3.26. The van der Waals surface area contributed by atoms with Gasteiger partial charge in [-0.3, -0.25) is 4.90 Å². The molecule has 3 aliphatic rings. The van der Waals surface area contributed by atoms with Crippen LogP contribution in [0.15, 0.2) is 11.4 Å². The van der Waals surface area contributed by atoms with Crippen molar-refractivity contribution in [3.63, 3.8) is 0 Å². The van der Waals surface area contributed by atoms with Gasteiger partial charge in [-0.15, -0.1) is 0 Å². The maximum absolute atomic E-state index is 13.0. The van der Waals surface area contributed by atoms with E-state index in [9.17, 15) is 8.42 Å². The van der Waals surface area contributed by atoms with Crippen molar-refractivity contribution in [1.29, 1.82) is 0 Å². The minimum atomic E-state index is -3.30. The summed E-state index contributed by atoms with van der Waals surface area (Å²) in [6, 6.07) is 0. The van der Waals surface area contributed by atoms with Crippen LogP contribution in [0.5, 0.6) is 0 Å². The Labute approximate surface area is 169 Å². The lowest BCUT2D eigenvalue weighted by molar-refractivity contribution is 0.0381. The number of ether oxygens (including phenoxy) is 1. The highest BCUT2D eigenvalue weighted by molar-refractivity contribution is 7.91. The van der Waals surface area contributed by atoms with Crippen LogP contribution in [0.1, 0.15) is 63.5 Å². The smallest absolute Gasteiger partial charge is 0.227 e. The summed E-state index contributed by atoms with van der Waals surface area (Å²) in [5, 5.41) is 0.326. The number of sulfone groups is 1. The SMILES string of the molecule is COC1CCN(Cc2cnc(S(=O)(=O)CC3CC3)n2CC2CCCCC2)CC1. The molecule has 1 aromatic rings. The van der Waals surface area contributed by atoms with Crippen LogP contribution in [0.25, 0.3) is 0 Å². The fourth-order valence-electron chi connectivity index (χ4n) is 4.79. The number of methoxy groups -OCH3 is 1. The van der Waals surface area contributed by atoms with Crippen molar-refractivity contribution in [2.45, 2.75) is 82.1 Å². The molecule has 0 bridgehead atoms. The first-order valence-corrected chi connectivity index (χ1v) is 12.7. The lowest BCUT2D eigenvalue weighted by Gasteiger charge is -2.31. The van der Waals surface area contributed by atoms with E-state index in [1.807, 2.05) is 6.20 Å². The van der Waals surface area contributed by atoms with Crippen molar-refractivity contribution in [3.05, 3.63) is 11.9 Å². The van der Waals surface area contributed by atoms with E-state index in [0.29, 0.717) is 23.1 Å². The van der Waals surface area contributed by atoms with Crippen LogP contribution >= 0.6 is 0 Å². The van der Waals surface area contributed by atoms with E-state index in [2.05, 4.69) is 14.5 Å². The number of hydrogen-bond donors (Lipinski definition) is 0. The number of hydrogen-bond acceptors (Lipinski definition) is 5. The second-order valence-corrected chi connectivity index (χ2v) is 11.0. The Morgan fingerprint density at radius 1 is 1.04 bits per heavy atom. The average Bonchev–Trinajstić information content (AvgIpc) is 3.42. The average molecular weight is 410 g/mol. The molecule has 6 nitrogen and oxygen atoms in total. The van der Waals surface area contributed by atoms with E-state index in [1.165, 1.54) is 32.1 Å². The second kappa shape index (κ2) is 8.84. The van der Waals surface area contributed by atoms with E-state index in [0.717, 1.165) is 57.6 Å². The summed E-state index contributed by atoms with van der Waals surface area (Å²) in [5.74, 6) is 1.20. The first-order valence-electron chi connectivity index (χ1n) is 11.1. The van der Waals surface area contributed by atoms with Crippen LogP contribution in [-0.2, 0) is 27.7 Å². The first-order chi connectivity index (χ1) is 13.5. The van der Waals surface area contributed by atoms with Crippen molar-refractivity contribution in [1.82, 2.24) is 14.5 Å². The molecule has 0 unspecified atom stereocenters. The van der Waals surface area contributed by atoms with E-state index in [-0.39, 0.29) is 5.75 Å². The maximum Gasteiger partial charge on any atom is 0.227 e. The normalized spacial score (nSPS) is 23.3. The molecule has 3 fully saturated rings. The Morgan fingerprint density at radius 2 is 1.75 bits per heavy atom. The van der Waals surface area contributed by atoms with Gasteiger partial charge in [0.2, 0.25) is 15.0 Å². The molecule has 2 saturated carbocycles. The highest BCUT2D eigenvalue weighted by atomic mass is 32.2. The van der Waals surface area contributed by atoms with Crippen LogP contribution < -0.4 is 0 Å². The third-order valence-electron chi connectivity index (χ3n) is 6.75. The monoisotopic (exact) mass is 409 g/mol. The van der Waals surface area contributed by atoms with Crippen molar-refractivity contribution < 1.29 is 13.2 Å². The molecule has 0 aromatic carbocycles. The van der Waals surface area contributed by atoms with Gasteiger partial charge in [0.15, 0.2) is 0 Å². The Balaban J connectivity index is 1.52. The van der Waals surface area contributed by atoms with E-state index in [4.69, 9.17) is 4.74 Å². The molecule has 2 aliphatic carbocycles. The Bertz CT molecular complexity index is 743. The summed E-state index contributed by atoms with van der Waals surface area (Å²) in [4.78, 5) is 6.87. The number of aromatic nitrogens is 2. The molecule has 4 rings (SSSR count). The van der Waals surface area contributed by atoms with Gasteiger partial charge < -0.3 is 9.30 Å². The molecular formula is C21H35N3O3S. The zero-order valence-corrected chi connectivity index (χ0v) is 18.0. The number of nitrogens with zero attached hydrogens (tertiary/aromatic N) is 3. The maximum atomic E-state index is 13.0. The Hall–Kier alpha value is -0.920. The largest absolute Gasteiger partial charge is 0.381 e. The third kappa shape index (κ3) is 4.97. The fourth-order valence-corrected chi connectivity index (χ4v) is 6.64. The number of piperidine rings is 1. The molecule has 2 heterocycles. The Kier molecular flexibility index (Phi) is 6.43. The minimum absolute atomic E-state index is 0.271. The molecule has 1 saturated heterocycles. The minimum Gasteiger partial charge on any atom is -0.381 e. The standard InChI is InChI=1S/C21H35N3O3S/c1-27-20-9-11-23(12-10-20)15-19-13-22-21(28(25,26)16-18-7-8-18)24(19)14-17-5-3-2-4-6-17/h13,17-18,20H,2-12,14-16H2,1H3. The summed E-state index contributed by atoms with van der Waals surface area (Å²) in [5.41, 5.74) is 1.07. The van der Waals surface area contributed by atoms with Gasteiger partial charge in [0.1, 0.15) is 0 Å². The molecule has 1 aliphatic heterocycles. The van der Waals surface area contributed by atoms with Gasteiger partial charge in [-0.1, -0.05) is 19.3 Å². The molecule has 7 heteroatoms. The fraction of sp³-hybridized carbons (Fsp3) is 0.857. The number of likely N-dealkylation sites (tertiary alicyclic amines) is 1. The highest BCUT2D eigenvalue weighted by Gasteiger charge is 2.33. The molecule has 0 N–H and O–H groups in total. The van der Waals surface area contributed by atoms with Gasteiger partial charge in [-0.2, -0.15) is 0 Å². The van der Waals surface area contributed by atoms with Gasteiger partial charge in [0.25, 0.3) is 0 Å².